The molecule has 3 rings (SSSR count). The number of nitro benzene ring substituents is 1. The van der Waals surface area contributed by atoms with Crippen molar-refractivity contribution in [2.45, 2.75) is 27.7 Å². The van der Waals surface area contributed by atoms with E-state index in [9.17, 15) is 24.5 Å². The van der Waals surface area contributed by atoms with E-state index in [-0.39, 0.29) is 33.3 Å². The summed E-state index contributed by atoms with van der Waals surface area (Å²) < 4.78 is 5.13. The molecule has 0 bridgehead atoms. The maximum Gasteiger partial charge on any atom is 0.341 e. The van der Waals surface area contributed by atoms with Crippen molar-refractivity contribution in [3.05, 3.63) is 85.3 Å². The minimum atomic E-state index is -0.684. The molecule has 0 fully saturated rings. The van der Waals surface area contributed by atoms with Gasteiger partial charge in [0.05, 0.1) is 22.0 Å². The minimum absolute atomic E-state index is 0.0454. The highest BCUT2D eigenvalue weighted by atomic mass is 32.1. The average Bonchev–Trinajstić information content (AvgIpc) is 3.11. The van der Waals surface area contributed by atoms with Gasteiger partial charge in [0.15, 0.2) is 0 Å². The van der Waals surface area contributed by atoms with Crippen LogP contribution in [0.5, 0.6) is 0 Å². The normalized spacial score (nSPS) is 10.5. The van der Waals surface area contributed by atoms with Crippen molar-refractivity contribution in [1.29, 1.82) is 0 Å². The number of nitro groups is 1. The van der Waals surface area contributed by atoms with E-state index in [1.165, 1.54) is 18.2 Å². The Morgan fingerprint density at radius 3 is 2.35 bits per heavy atom. The fourth-order valence-electron chi connectivity index (χ4n) is 3.28. The molecule has 1 aromatic heterocycles. The summed E-state index contributed by atoms with van der Waals surface area (Å²) in [6, 6.07) is 11.3. The zero-order valence-corrected chi connectivity index (χ0v) is 19.9. The molecule has 3 aromatic rings. The number of nitrogens with one attached hydrogen (secondary N) is 2. The van der Waals surface area contributed by atoms with Crippen LogP contribution in [0.1, 0.15) is 54.0 Å². The quantitative estimate of drug-likeness (QED) is 0.269. The number of aryl methyl sites for hydroxylation is 2. The lowest BCUT2D eigenvalue weighted by molar-refractivity contribution is -0.385. The number of ether oxygens (including phenoxy) is 1. The van der Waals surface area contributed by atoms with Crippen LogP contribution in [0.25, 0.3) is 0 Å². The summed E-state index contributed by atoms with van der Waals surface area (Å²) >= 11 is 0.931. The number of carbonyl (C=O) groups excluding carboxylic acids is 3. The monoisotopic (exact) mass is 481 g/mol. The van der Waals surface area contributed by atoms with Gasteiger partial charge in [-0.15, -0.1) is 11.3 Å². The SMILES string of the molecule is CCOC(=O)c1c(NC(=O)c2ccc(C)c([N+](=O)[O-])c2)sc(C(=O)Nc2ccccc2C)c1C. The summed E-state index contributed by atoms with van der Waals surface area (Å²) in [5.41, 5.74) is 2.18. The molecule has 10 heteroatoms. The van der Waals surface area contributed by atoms with Crippen LogP contribution in [0.3, 0.4) is 0 Å². The third-order valence-corrected chi connectivity index (χ3v) is 6.33. The summed E-state index contributed by atoms with van der Waals surface area (Å²) in [5, 5.41) is 16.8. The molecule has 34 heavy (non-hydrogen) atoms. The minimum Gasteiger partial charge on any atom is -0.462 e. The number of carbonyl (C=O) groups is 3. The van der Waals surface area contributed by atoms with Crippen LogP contribution in [0, 0.1) is 30.9 Å². The lowest BCUT2D eigenvalue weighted by Gasteiger charge is -2.08. The van der Waals surface area contributed by atoms with Crippen molar-refractivity contribution < 1.29 is 24.0 Å². The Bertz CT molecular complexity index is 1300. The van der Waals surface area contributed by atoms with E-state index in [0.29, 0.717) is 16.8 Å². The Morgan fingerprint density at radius 1 is 1.00 bits per heavy atom. The smallest absolute Gasteiger partial charge is 0.341 e. The van der Waals surface area contributed by atoms with Gasteiger partial charge >= 0.3 is 5.97 Å². The van der Waals surface area contributed by atoms with Crippen LogP contribution in [-0.2, 0) is 4.74 Å². The van der Waals surface area contributed by atoms with Gasteiger partial charge in [0.25, 0.3) is 17.5 Å². The highest BCUT2D eigenvalue weighted by Crippen LogP contribution is 2.35. The van der Waals surface area contributed by atoms with E-state index in [2.05, 4.69) is 10.6 Å². The summed E-state index contributed by atoms with van der Waals surface area (Å²) in [6.45, 7) is 6.78. The summed E-state index contributed by atoms with van der Waals surface area (Å²) in [7, 11) is 0. The lowest BCUT2D eigenvalue weighted by atomic mass is 10.1. The number of rotatable bonds is 7. The van der Waals surface area contributed by atoms with Gasteiger partial charge < -0.3 is 15.4 Å². The van der Waals surface area contributed by atoms with Gasteiger partial charge in [0.1, 0.15) is 5.00 Å². The molecule has 2 N–H and O–H groups in total. The number of hydrogen-bond donors (Lipinski definition) is 2. The number of amides is 2. The number of para-hydroxylation sites is 1. The van der Waals surface area contributed by atoms with Gasteiger partial charge in [-0.05, 0) is 51.0 Å². The summed E-state index contributed by atoms with van der Waals surface area (Å²) in [4.78, 5) is 49.4. The molecule has 0 aliphatic carbocycles. The Labute approximate surface area is 199 Å². The molecule has 0 radical (unpaired) electrons. The molecule has 0 aliphatic rings. The predicted octanol–water partition coefficient (Wildman–Crippen LogP) is 5.26. The van der Waals surface area contributed by atoms with Gasteiger partial charge in [0, 0.05) is 22.9 Å². The number of nitrogens with zero attached hydrogens (tertiary/aromatic N) is 1. The van der Waals surface area contributed by atoms with Crippen molar-refractivity contribution in [3.8, 4) is 0 Å². The second-order valence-electron chi connectivity index (χ2n) is 7.46. The summed E-state index contributed by atoms with van der Waals surface area (Å²) in [6.07, 6.45) is 0. The van der Waals surface area contributed by atoms with E-state index in [4.69, 9.17) is 4.74 Å². The summed E-state index contributed by atoms with van der Waals surface area (Å²) in [5.74, 6) is -1.77. The van der Waals surface area contributed by atoms with E-state index < -0.39 is 22.7 Å². The molecule has 0 saturated carbocycles. The Hall–Kier alpha value is -4.05. The number of anilines is 2. The molecule has 2 amide bonds. The third-order valence-electron chi connectivity index (χ3n) is 5.12. The highest BCUT2D eigenvalue weighted by molar-refractivity contribution is 7.19. The van der Waals surface area contributed by atoms with Crippen molar-refractivity contribution in [3.63, 3.8) is 0 Å². The van der Waals surface area contributed by atoms with Crippen molar-refractivity contribution in [1.82, 2.24) is 0 Å². The van der Waals surface area contributed by atoms with E-state index in [0.717, 1.165) is 16.9 Å². The largest absolute Gasteiger partial charge is 0.462 e. The van der Waals surface area contributed by atoms with Crippen LogP contribution >= 0.6 is 11.3 Å². The predicted molar refractivity (Wildman–Crippen MR) is 130 cm³/mol. The molecular weight excluding hydrogens is 458 g/mol. The third kappa shape index (κ3) is 5.12. The molecular formula is C24H23N3O6S. The average molecular weight is 482 g/mol. The fourth-order valence-corrected chi connectivity index (χ4v) is 4.37. The van der Waals surface area contributed by atoms with Crippen molar-refractivity contribution in [2.24, 2.45) is 0 Å². The molecule has 2 aromatic carbocycles. The first-order chi connectivity index (χ1) is 16.1. The van der Waals surface area contributed by atoms with E-state index >= 15 is 0 Å². The Balaban J connectivity index is 1.98. The van der Waals surface area contributed by atoms with Crippen molar-refractivity contribution in [2.75, 3.05) is 17.2 Å². The number of hydrogen-bond acceptors (Lipinski definition) is 7. The van der Waals surface area contributed by atoms with Gasteiger partial charge in [-0.3, -0.25) is 19.7 Å². The first-order valence-corrected chi connectivity index (χ1v) is 11.2. The maximum absolute atomic E-state index is 13.0. The van der Waals surface area contributed by atoms with Crippen LogP contribution in [0.2, 0.25) is 0 Å². The molecule has 176 valence electrons. The van der Waals surface area contributed by atoms with Gasteiger partial charge in [0.2, 0.25) is 0 Å². The number of esters is 1. The zero-order chi connectivity index (χ0) is 25.0. The number of benzene rings is 2. The van der Waals surface area contributed by atoms with E-state index in [1.54, 1.807) is 32.9 Å². The second-order valence-corrected chi connectivity index (χ2v) is 8.48. The molecule has 0 atom stereocenters. The first-order valence-electron chi connectivity index (χ1n) is 10.4. The van der Waals surface area contributed by atoms with Crippen LogP contribution in [0.15, 0.2) is 42.5 Å². The maximum atomic E-state index is 13.0. The van der Waals surface area contributed by atoms with Crippen LogP contribution in [-0.4, -0.2) is 29.3 Å². The number of thiophene rings is 1. The molecule has 0 saturated heterocycles. The Morgan fingerprint density at radius 2 is 1.71 bits per heavy atom. The molecule has 0 aliphatic heterocycles. The standard InChI is InChI=1S/C24H23N3O6S/c1-5-33-24(30)19-15(4)20(22(29)25-17-9-7-6-8-13(17)2)34-23(19)26-21(28)16-11-10-14(3)18(12-16)27(31)32/h6-12H,5H2,1-4H3,(H,25,29)(H,26,28). The molecule has 9 nitrogen and oxygen atoms in total. The van der Waals surface area contributed by atoms with Gasteiger partial charge in [-0.25, -0.2) is 4.79 Å². The van der Waals surface area contributed by atoms with Crippen molar-refractivity contribution >= 4 is 45.5 Å². The molecule has 0 spiro atoms. The van der Waals surface area contributed by atoms with Crippen LogP contribution < -0.4 is 10.6 Å². The zero-order valence-electron chi connectivity index (χ0n) is 19.1. The van der Waals surface area contributed by atoms with E-state index in [1.807, 2.05) is 19.1 Å². The fraction of sp³-hybridized carbons (Fsp3) is 0.208. The van der Waals surface area contributed by atoms with Gasteiger partial charge in [-0.2, -0.15) is 0 Å². The first kappa shape index (κ1) is 24.6. The highest BCUT2D eigenvalue weighted by Gasteiger charge is 2.27. The molecule has 1 heterocycles. The second kappa shape index (κ2) is 10.3. The molecule has 0 unspecified atom stereocenters. The topological polar surface area (TPSA) is 128 Å². The van der Waals surface area contributed by atoms with Gasteiger partial charge in [-0.1, -0.05) is 24.3 Å². The Kier molecular flexibility index (Phi) is 7.42. The van der Waals surface area contributed by atoms with Crippen LogP contribution in [0.4, 0.5) is 16.4 Å². The lowest BCUT2D eigenvalue weighted by Crippen LogP contribution is -2.15.